The normalized spacial score (nSPS) is 14.4. The van der Waals surface area contributed by atoms with Crippen molar-refractivity contribution in [3.8, 4) is 51.7 Å². The molecule has 0 amide bonds. The number of imidazole rings is 2. The van der Waals surface area contributed by atoms with E-state index in [4.69, 9.17) is 44.2 Å². The van der Waals surface area contributed by atoms with Gasteiger partial charge in [-0.15, -0.1) is 0 Å². The average Bonchev–Trinajstić information content (AvgIpc) is 1.54. The van der Waals surface area contributed by atoms with Crippen LogP contribution in [0.4, 0.5) is 46.2 Å². The fourth-order valence-corrected chi connectivity index (χ4v) is 18.6. The van der Waals surface area contributed by atoms with Gasteiger partial charge >= 0.3 is 83.3 Å². The molecule has 19 rings (SSSR count). The number of para-hydroxylation sites is 5. The molecule has 2 aliphatic rings. The van der Waals surface area contributed by atoms with Crippen LogP contribution in [-0.4, -0.2) is 55.4 Å². The Bertz CT molecular complexity index is 7050. The van der Waals surface area contributed by atoms with E-state index >= 15 is 0 Å². The summed E-state index contributed by atoms with van der Waals surface area (Å²) < 4.78 is 136. The fourth-order valence-electron chi connectivity index (χ4n) is 16.3. The topological polar surface area (TPSA) is 155 Å². The molecule has 0 fully saturated rings. The van der Waals surface area contributed by atoms with Gasteiger partial charge < -0.3 is 24.4 Å². The van der Waals surface area contributed by atoms with Gasteiger partial charge in [0.2, 0.25) is 0 Å². The number of carboxylic acid groups (broad SMARTS) is 2. The molecule has 8 heterocycles. The van der Waals surface area contributed by atoms with Crippen LogP contribution in [0, 0.1) is 7.14 Å². The first-order valence-electron chi connectivity index (χ1n) is 41.5. The molecule has 30 heteroatoms. The second-order valence-electron chi connectivity index (χ2n) is 35.9. The first kappa shape index (κ1) is 101. The minimum Gasteiger partial charge on any atom is -1.00 e. The van der Waals surface area contributed by atoms with Crippen LogP contribution in [0.15, 0.2) is 298 Å². The average molecular weight is 2010 g/mol. The molecule has 132 heavy (non-hydrogen) atoms. The van der Waals surface area contributed by atoms with E-state index in [-0.39, 0.29) is 75.5 Å². The Labute approximate surface area is 778 Å². The molecule has 2 aliphatic heterocycles. The van der Waals surface area contributed by atoms with E-state index in [9.17, 15) is 46.2 Å². The number of fused-ring (bicyclic) bond motifs is 10. The van der Waals surface area contributed by atoms with Crippen LogP contribution in [0.3, 0.4) is 0 Å². The summed E-state index contributed by atoms with van der Waals surface area (Å²) in [6.07, 6.45) is 8.04. The molecule has 695 valence electrons. The van der Waals surface area contributed by atoms with Gasteiger partial charge in [-0.25, -0.2) is 15.0 Å². The van der Waals surface area contributed by atoms with Crippen molar-refractivity contribution in [2.45, 2.75) is 143 Å². The first-order chi connectivity index (χ1) is 60.5. The van der Waals surface area contributed by atoms with Crippen LogP contribution in [0.25, 0.3) is 94.4 Å². The zero-order valence-electron chi connectivity index (χ0n) is 75.0. The van der Waals surface area contributed by atoms with Gasteiger partial charge in [-0.1, -0.05) is 224 Å². The summed E-state index contributed by atoms with van der Waals surface area (Å²) in [6, 6.07) is 96.9. The number of rotatable bonds is 9. The second kappa shape index (κ2) is 36.9. The zero-order chi connectivity index (χ0) is 94.5. The molecular weight excluding hydrogens is 1910 g/mol. The molecule has 0 atom stereocenters. The smallest absolute Gasteiger partial charge is 0.357 e. The molecule has 14 nitrogen and oxygen atoms in total. The predicted molar refractivity (Wildman–Crippen MR) is 496 cm³/mol. The molecule has 0 spiro atoms. The van der Waals surface area contributed by atoms with E-state index in [1.165, 1.54) is 78.6 Å². The van der Waals surface area contributed by atoms with E-state index in [0.29, 0.717) is 0 Å². The Morgan fingerprint density at radius 1 is 0.409 bits per heavy atom. The number of benzene rings is 11. The number of nitrogens with zero attached hydrogens (tertiary/aromatic N) is 8. The summed E-state index contributed by atoms with van der Waals surface area (Å²) in [4.78, 5) is 32.5. The third-order valence-corrected chi connectivity index (χ3v) is 26.4. The molecular formula is C102H99CuF12IN8O6P2. The molecule has 11 aromatic carbocycles. The van der Waals surface area contributed by atoms with Crippen molar-refractivity contribution in [2.75, 3.05) is 0 Å². The Morgan fingerprint density at radius 3 is 1.16 bits per heavy atom. The SMILES string of the molecule is CC(=O)O.CC(=O)O.CC(C)(C)c1ccnc(-n2c3ccccc3c3ccc(Oc4ccc5c(c4)-n4c[n+](-c6ccccc6)c6cccc(c64)C(C)(C)C5(C)C)cc32)c1.CC(C)(C)c1ccnc(-n2c3ccccc3c3ccc(Oc4ccc5c(c4)-n4cnc6cccc(c64)C(C)(C)C5(C)C)cc32)c1.FP(F)(F)(F)F.F[P-](F)(F)(F)(F)F.[Cu].[F-].c1ccc([I+]c2ccccc2)cc1. The molecule has 6 aromatic heterocycles. The number of hydrogen-bond donors (Lipinski definition) is 2. The van der Waals surface area contributed by atoms with Crippen LogP contribution in [-0.2, 0) is 59.1 Å². The van der Waals surface area contributed by atoms with Gasteiger partial charge in [0.1, 0.15) is 52.3 Å². The van der Waals surface area contributed by atoms with E-state index in [1.807, 2.05) is 18.7 Å². The second-order valence-corrected chi connectivity index (χ2v) is 42.1. The third-order valence-electron chi connectivity index (χ3n) is 23.8. The number of ether oxygens (including phenoxy) is 2. The summed E-state index contributed by atoms with van der Waals surface area (Å²) in [7, 11) is -19.2. The Morgan fingerprint density at radius 2 is 0.750 bits per heavy atom. The fraction of sp³-hybridized carbons (Fsp3) is 0.216. The zero-order valence-corrected chi connectivity index (χ0v) is 79.9. The van der Waals surface area contributed by atoms with Gasteiger partial charge in [-0.2, -0.15) is 9.13 Å². The summed E-state index contributed by atoms with van der Waals surface area (Å²) in [5.74, 6) is 3.29. The molecule has 0 saturated heterocycles. The number of carbonyl (C=O) groups is 2. The minimum atomic E-state index is -10.7. The summed E-state index contributed by atoms with van der Waals surface area (Å²) in [6.45, 7) is 34.5. The monoisotopic (exact) mass is 2010 g/mol. The first-order valence-corrected chi connectivity index (χ1v) is 47.4. The van der Waals surface area contributed by atoms with Gasteiger partial charge in [-0.3, -0.25) is 23.3 Å². The Kier molecular flexibility index (Phi) is 28.1. The van der Waals surface area contributed by atoms with Gasteiger partial charge in [0, 0.05) is 122 Å². The molecule has 1 radical (unpaired) electrons. The van der Waals surface area contributed by atoms with Gasteiger partial charge in [-0.05, 0) is 154 Å². The van der Waals surface area contributed by atoms with Crippen LogP contribution >= 0.6 is 16.0 Å². The van der Waals surface area contributed by atoms with E-state index in [1.54, 1.807) is 0 Å². The van der Waals surface area contributed by atoms with Gasteiger partial charge in [0.05, 0.1) is 38.8 Å². The van der Waals surface area contributed by atoms with E-state index in [0.717, 1.165) is 93.1 Å². The number of aromatic nitrogens is 8. The van der Waals surface area contributed by atoms with Gasteiger partial charge in [0.15, 0.2) is 18.2 Å². The summed E-state index contributed by atoms with van der Waals surface area (Å²) >= 11 is 0.0287. The largest absolute Gasteiger partial charge is 1.00 e. The minimum absolute atomic E-state index is 0. The molecule has 2 N–H and O–H groups in total. The van der Waals surface area contributed by atoms with Crippen LogP contribution in [0.2, 0.25) is 0 Å². The van der Waals surface area contributed by atoms with Crippen LogP contribution < -0.4 is 40.0 Å². The Balaban J connectivity index is 0.000000187. The number of pyridine rings is 2. The third kappa shape index (κ3) is 23.0. The number of aliphatic carboxylic acids is 2. The maximum absolute atomic E-state index is 10.7. The van der Waals surface area contributed by atoms with Crippen molar-refractivity contribution in [3.63, 3.8) is 0 Å². The van der Waals surface area contributed by atoms with Crippen LogP contribution in [0.5, 0.6) is 23.0 Å². The van der Waals surface area contributed by atoms with Crippen molar-refractivity contribution in [1.82, 2.24) is 33.2 Å². The van der Waals surface area contributed by atoms with Crippen molar-refractivity contribution < 1.29 is 123 Å². The van der Waals surface area contributed by atoms with Crippen LogP contribution in [0.1, 0.15) is 144 Å². The van der Waals surface area contributed by atoms with Crippen molar-refractivity contribution in [2.24, 2.45) is 0 Å². The van der Waals surface area contributed by atoms with Crippen molar-refractivity contribution in [3.05, 3.63) is 339 Å². The summed E-state index contributed by atoms with van der Waals surface area (Å²) in [5.41, 5.74) is 19.5. The Hall–Kier alpha value is -11.9. The maximum atomic E-state index is 9.87. The maximum Gasteiger partial charge on any atom is 0.357 e. The number of halogens is 13. The molecule has 0 bridgehead atoms. The standard InChI is InChI=1S/C46H43N4O.C40H38N4O.C12H10I.2C2H4O2.Cu.F6P.F5P.FH/c1-44(2,3)30-24-25-47-42(26-30)50-38-18-12-11-16-34(38)35-22-20-32(27-40(35)50)51-33-21-23-36-41(28-33)49-29-48(31-14-9-8-10-15-31)39-19-13-17-37(43(39)49)46(6,7)45(36,4)5;1-38(2,3)25-19-20-41-36(21-25)44-33-14-9-8-11-28(33)29-17-15-26(22-34(29)44)45-27-16-18-30-35(23-27)43-24-42-32-13-10-12-31(37(32)43)40(6,7)39(30,4)5;1-3-7-11(8-4-1)13-12-9-5-2-6-10-12;2*1-2(3)4;;1-7(2,3,4,5)6;1-6(2,3,4)5;/h8-29H,1-7H3;8-24H,1-7H3;1-10H;2*1H3,(H,3,4);;;;1H/q+1;;+1;;;;-1;;/p-1. The predicted octanol–water partition coefficient (Wildman–Crippen LogP) is 24.6. The van der Waals surface area contributed by atoms with Crippen molar-refractivity contribution in [1.29, 1.82) is 0 Å². The number of hydrogen-bond acceptors (Lipinski definition) is 7. The van der Waals surface area contributed by atoms with Crippen molar-refractivity contribution >= 4 is 93.6 Å². The molecule has 0 unspecified atom stereocenters. The molecule has 17 aromatic rings. The number of carboxylic acids is 2. The van der Waals surface area contributed by atoms with Gasteiger partial charge in [0.25, 0.3) is 18.3 Å². The molecule has 0 saturated carbocycles. The van der Waals surface area contributed by atoms with E-state index in [2.05, 4.69) is 399 Å². The molecule has 0 aliphatic carbocycles. The summed E-state index contributed by atoms with van der Waals surface area (Å²) in [5, 5.41) is 19.6. The van der Waals surface area contributed by atoms with E-state index < -0.39 is 27.9 Å². The quantitative estimate of drug-likeness (QED) is 0.0472.